The highest BCUT2D eigenvalue weighted by Crippen LogP contribution is 2.38. The Hall–Kier alpha value is -2.07. The monoisotopic (exact) mass is 390 g/mol. The Labute approximate surface area is 168 Å². The van der Waals surface area contributed by atoms with E-state index in [4.69, 9.17) is 10.5 Å². The molecule has 0 aromatic rings. The van der Waals surface area contributed by atoms with Crippen molar-refractivity contribution in [2.45, 2.75) is 77.4 Å². The van der Waals surface area contributed by atoms with Crippen LogP contribution in [0.15, 0.2) is 11.8 Å². The summed E-state index contributed by atoms with van der Waals surface area (Å²) in [5, 5.41) is 9.67. The van der Waals surface area contributed by atoms with Gasteiger partial charge in [0.25, 0.3) is 5.91 Å². The van der Waals surface area contributed by atoms with Crippen LogP contribution in [0.4, 0.5) is 0 Å². The van der Waals surface area contributed by atoms with E-state index in [0.29, 0.717) is 32.5 Å². The van der Waals surface area contributed by atoms with Crippen molar-refractivity contribution in [3.05, 3.63) is 11.8 Å². The molecule has 0 spiro atoms. The number of likely N-dealkylation sites (tertiary alicyclic amines) is 2. The molecule has 0 saturated carbocycles. The highest BCUT2D eigenvalue weighted by Gasteiger charge is 2.43. The van der Waals surface area contributed by atoms with Crippen LogP contribution in [0.5, 0.6) is 0 Å². The molecule has 0 aliphatic carbocycles. The van der Waals surface area contributed by atoms with Crippen LogP contribution >= 0.6 is 0 Å². The van der Waals surface area contributed by atoms with Crippen molar-refractivity contribution >= 4 is 11.9 Å². The first-order valence-electron chi connectivity index (χ1n) is 10.1. The molecule has 0 atom stereocenters. The second-order valence-corrected chi connectivity index (χ2v) is 9.14. The van der Waals surface area contributed by atoms with Gasteiger partial charge in [-0.05, 0) is 60.3 Å². The smallest absolute Gasteiger partial charge is 0.309 e. The van der Waals surface area contributed by atoms with E-state index in [1.54, 1.807) is 18.0 Å². The minimum atomic E-state index is -0.272. The number of amides is 1. The van der Waals surface area contributed by atoms with Crippen LogP contribution in [-0.2, 0) is 14.3 Å². The highest BCUT2D eigenvalue weighted by molar-refractivity contribution is 5.97. The molecular weight excluding hydrogens is 356 g/mol. The number of hydrogen-bond acceptors (Lipinski definition) is 6. The van der Waals surface area contributed by atoms with Gasteiger partial charge in [-0.25, -0.2) is 0 Å². The molecule has 2 aliphatic heterocycles. The van der Waals surface area contributed by atoms with E-state index in [1.165, 1.54) is 0 Å². The van der Waals surface area contributed by atoms with Crippen LogP contribution in [0.2, 0.25) is 0 Å². The molecule has 2 heterocycles. The standard InChI is InChI=1S/C21H34N4O3/c1-6-28-19(27)15-7-9-24(10-8-15)18(26)16(13-22)14-25-20(2,3)11-17(23)12-21(25,4)5/h14-15,17H,6-12,23H2,1-5H3/b16-14-. The number of piperidine rings is 2. The molecule has 7 heteroatoms. The molecule has 0 aromatic heterocycles. The van der Waals surface area contributed by atoms with Crippen molar-refractivity contribution in [1.82, 2.24) is 9.80 Å². The Morgan fingerprint density at radius 3 is 2.18 bits per heavy atom. The number of ether oxygens (including phenoxy) is 1. The summed E-state index contributed by atoms with van der Waals surface area (Å²) in [5.74, 6) is -0.634. The number of nitrogens with zero attached hydrogens (tertiary/aromatic N) is 3. The van der Waals surface area contributed by atoms with Crippen LogP contribution in [0.25, 0.3) is 0 Å². The second-order valence-electron chi connectivity index (χ2n) is 9.14. The van der Waals surface area contributed by atoms with Gasteiger partial charge in [0.1, 0.15) is 11.6 Å². The Kier molecular flexibility index (Phi) is 6.76. The van der Waals surface area contributed by atoms with Gasteiger partial charge in [0.05, 0.1) is 12.5 Å². The first kappa shape index (κ1) is 22.2. The number of nitrogens with two attached hydrogens (primary N) is 1. The highest BCUT2D eigenvalue weighted by atomic mass is 16.5. The molecule has 28 heavy (non-hydrogen) atoms. The van der Waals surface area contributed by atoms with Gasteiger partial charge in [-0.2, -0.15) is 5.26 Å². The first-order valence-corrected chi connectivity index (χ1v) is 10.1. The van der Waals surface area contributed by atoms with Gasteiger partial charge >= 0.3 is 5.97 Å². The van der Waals surface area contributed by atoms with Crippen molar-refractivity contribution < 1.29 is 14.3 Å². The number of esters is 1. The molecule has 2 saturated heterocycles. The maximum atomic E-state index is 13.0. The quantitative estimate of drug-likeness (QED) is 0.449. The lowest BCUT2D eigenvalue weighted by Gasteiger charge is -2.54. The minimum absolute atomic E-state index is 0.0952. The normalized spacial score (nSPS) is 23.2. The van der Waals surface area contributed by atoms with E-state index >= 15 is 0 Å². The van der Waals surface area contributed by atoms with Crippen molar-refractivity contribution in [2.24, 2.45) is 11.7 Å². The molecule has 0 aromatic carbocycles. The number of nitriles is 1. The number of hydrogen-bond donors (Lipinski definition) is 1. The lowest BCUT2D eigenvalue weighted by atomic mass is 9.77. The fourth-order valence-corrected chi connectivity index (χ4v) is 4.73. The van der Waals surface area contributed by atoms with E-state index in [-0.39, 0.29) is 40.5 Å². The van der Waals surface area contributed by atoms with Crippen LogP contribution in [0.3, 0.4) is 0 Å². The fraction of sp³-hybridized carbons (Fsp3) is 0.762. The van der Waals surface area contributed by atoms with Gasteiger partial charge in [-0.1, -0.05) is 0 Å². The maximum absolute atomic E-state index is 13.0. The second kappa shape index (κ2) is 8.52. The molecule has 156 valence electrons. The third-order valence-electron chi connectivity index (χ3n) is 5.84. The topological polar surface area (TPSA) is 99.7 Å². The minimum Gasteiger partial charge on any atom is -0.466 e. The van der Waals surface area contributed by atoms with Crippen LogP contribution in [0.1, 0.15) is 60.3 Å². The zero-order valence-corrected chi connectivity index (χ0v) is 17.8. The van der Waals surface area contributed by atoms with Gasteiger partial charge in [-0.3, -0.25) is 9.59 Å². The molecule has 1 amide bonds. The molecule has 2 N–H and O–H groups in total. The summed E-state index contributed by atoms with van der Waals surface area (Å²) >= 11 is 0. The molecule has 2 aliphatic rings. The van der Waals surface area contributed by atoms with Gasteiger partial charge in [0.2, 0.25) is 0 Å². The average molecular weight is 391 g/mol. The molecule has 7 nitrogen and oxygen atoms in total. The molecular formula is C21H34N4O3. The first-order chi connectivity index (χ1) is 13.0. The summed E-state index contributed by atoms with van der Waals surface area (Å²) in [5.41, 5.74) is 5.85. The van der Waals surface area contributed by atoms with Crippen molar-refractivity contribution in [1.29, 1.82) is 5.26 Å². The van der Waals surface area contributed by atoms with E-state index in [9.17, 15) is 14.9 Å². The number of carbonyl (C=O) groups excluding carboxylic acids is 2. The van der Waals surface area contributed by atoms with Gasteiger partial charge in [-0.15, -0.1) is 0 Å². The maximum Gasteiger partial charge on any atom is 0.309 e. The van der Waals surface area contributed by atoms with Gasteiger partial charge in [0, 0.05) is 36.4 Å². The lowest BCUT2D eigenvalue weighted by molar-refractivity contribution is -0.150. The Morgan fingerprint density at radius 1 is 1.18 bits per heavy atom. The van der Waals surface area contributed by atoms with Crippen molar-refractivity contribution in [2.75, 3.05) is 19.7 Å². The van der Waals surface area contributed by atoms with Gasteiger partial charge in [0.15, 0.2) is 0 Å². The molecule has 0 radical (unpaired) electrons. The third-order valence-corrected chi connectivity index (χ3v) is 5.84. The average Bonchev–Trinajstić information content (AvgIpc) is 2.60. The summed E-state index contributed by atoms with van der Waals surface area (Å²) in [7, 11) is 0. The summed E-state index contributed by atoms with van der Waals surface area (Å²) < 4.78 is 5.08. The molecule has 0 bridgehead atoms. The van der Waals surface area contributed by atoms with E-state index in [1.807, 2.05) is 0 Å². The summed E-state index contributed by atoms with van der Waals surface area (Å²) in [6, 6.07) is 2.19. The zero-order chi connectivity index (χ0) is 21.1. The van der Waals surface area contributed by atoms with Crippen LogP contribution in [-0.4, -0.2) is 58.5 Å². The Balaban J connectivity index is 2.13. The van der Waals surface area contributed by atoms with Crippen LogP contribution < -0.4 is 5.73 Å². The predicted molar refractivity (Wildman–Crippen MR) is 107 cm³/mol. The summed E-state index contributed by atoms with van der Waals surface area (Å²) in [6.45, 7) is 11.4. The third kappa shape index (κ3) is 4.85. The lowest BCUT2D eigenvalue weighted by Crippen LogP contribution is -2.61. The number of carbonyl (C=O) groups is 2. The summed E-state index contributed by atoms with van der Waals surface area (Å²) in [4.78, 5) is 28.6. The van der Waals surface area contributed by atoms with Crippen molar-refractivity contribution in [3.63, 3.8) is 0 Å². The zero-order valence-electron chi connectivity index (χ0n) is 17.8. The van der Waals surface area contributed by atoms with E-state index in [2.05, 4.69) is 38.7 Å². The predicted octanol–water partition coefficient (Wildman–Crippen LogP) is 2.18. The summed E-state index contributed by atoms with van der Waals surface area (Å²) in [6.07, 6.45) is 4.44. The largest absolute Gasteiger partial charge is 0.466 e. The molecule has 0 unspecified atom stereocenters. The molecule has 2 fully saturated rings. The number of rotatable bonds is 4. The van der Waals surface area contributed by atoms with Crippen molar-refractivity contribution in [3.8, 4) is 6.07 Å². The Morgan fingerprint density at radius 2 is 1.71 bits per heavy atom. The van der Waals surface area contributed by atoms with Crippen LogP contribution in [0, 0.1) is 17.2 Å². The van der Waals surface area contributed by atoms with E-state index in [0.717, 1.165) is 12.8 Å². The SMILES string of the molecule is CCOC(=O)C1CCN(C(=O)/C(C#N)=C\N2C(C)(C)CC(N)CC2(C)C)CC1. The Bertz CT molecular complexity index is 652. The van der Waals surface area contributed by atoms with E-state index < -0.39 is 0 Å². The molecule has 2 rings (SSSR count). The fourth-order valence-electron chi connectivity index (χ4n) is 4.73. The van der Waals surface area contributed by atoms with Gasteiger partial charge < -0.3 is 20.3 Å².